The van der Waals surface area contributed by atoms with Crippen LogP contribution in [0.15, 0.2) is 0 Å². The maximum absolute atomic E-state index is 11.3. The van der Waals surface area contributed by atoms with Crippen molar-refractivity contribution in [1.29, 1.82) is 0 Å². The number of carboxylic acid groups (broad SMARTS) is 1. The van der Waals surface area contributed by atoms with Gasteiger partial charge in [-0.3, -0.25) is 9.59 Å². The summed E-state index contributed by atoms with van der Waals surface area (Å²) in [6.07, 6.45) is -0.787. The first-order chi connectivity index (χ1) is 9.97. The molecule has 0 aromatic rings. The number of nitrogens with one attached hydrogen (secondary N) is 1. The van der Waals surface area contributed by atoms with E-state index in [0.717, 1.165) is 0 Å². The van der Waals surface area contributed by atoms with Gasteiger partial charge in [-0.15, -0.1) is 0 Å². The molecule has 0 aromatic heterocycles. The second kappa shape index (κ2) is 12.5. The Bertz CT molecular complexity index is 301. The zero-order valence-electron chi connectivity index (χ0n) is 12.1. The van der Waals surface area contributed by atoms with Gasteiger partial charge in [-0.1, -0.05) is 0 Å². The molecular formula is C12H24N2O7. The van der Waals surface area contributed by atoms with E-state index in [1.165, 1.54) is 7.11 Å². The van der Waals surface area contributed by atoms with Crippen LogP contribution in [0.1, 0.15) is 12.8 Å². The summed E-state index contributed by atoms with van der Waals surface area (Å²) >= 11 is 0. The van der Waals surface area contributed by atoms with Gasteiger partial charge in [0.2, 0.25) is 5.91 Å². The van der Waals surface area contributed by atoms with Crippen molar-refractivity contribution < 1.29 is 34.0 Å². The van der Waals surface area contributed by atoms with Crippen molar-refractivity contribution >= 4 is 11.9 Å². The van der Waals surface area contributed by atoms with Crippen LogP contribution in [0.25, 0.3) is 0 Å². The molecule has 0 aliphatic heterocycles. The van der Waals surface area contributed by atoms with Crippen LogP contribution in [0.4, 0.5) is 0 Å². The Balaban J connectivity index is 3.35. The van der Waals surface area contributed by atoms with Crippen LogP contribution < -0.4 is 11.1 Å². The smallest absolute Gasteiger partial charge is 0.320 e. The molecule has 0 aliphatic carbocycles. The largest absolute Gasteiger partial charge is 0.480 e. The molecule has 124 valence electrons. The Hall–Kier alpha value is -1.26. The van der Waals surface area contributed by atoms with Crippen LogP contribution in [0.2, 0.25) is 0 Å². The third-order valence-electron chi connectivity index (χ3n) is 2.47. The summed E-state index contributed by atoms with van der Waals surface area (Å²) in [5, 5.41) is 20.1. The highest BCUT2D eigenvalue weighted by atomic mass is 16.6. The minimum Gasteiger partial charge on any atom is -0.480 e. The quantitative estimate of drug-likeness (QED) is 0.233. The molecule has 5 N–H and O–H groups in total. The number of ether oxygens (including phenoxy) is 3. The standard InChI is InChI=1S/C12H24N2O7/c1-19-11(16)8-21-7-6-20-5-4-14-10(15)3-2-9(13)12(17)18/h9,11,16H,2-8,13H2,1H3,(H,14,15)(H,17,18)/t9-,11?/m0/s1. The molecule has 0 fully saturated rings. The van der Waals surface area contributed by atoms with Gasteiger partial charge in [-0.2, -0.15) is 0 Å². The number of rotatable bonds is 13. The molecule has 0 aliphatic rings. The Kier molecular flexibility index (Phi) is 11.7. The van der Waals surface area contributed by atoms with E-state index in [2.05, 4.69) is 10.1 Å². The zero-order chi connectivity index (χ0) is 16.1. The first-order valence-corrected chi connectivity index (χ1v) is 6.58. The van der Waals surface area contributed by atoms with Crippen LogP contribution >= 0.6 is 0 Å². The number of amides is 1. The monoisotopic (exact) mass is 308 g/mol. The fraction of sp³-hybridized carbons (Fsp3) is 0.833. The summed E-state index contributed by atoms with van der Waals surface area (Å²) in [4.78, 5) is 21.8. The normalized spacial score (nSPS) is 13.7. The first-order valence-electron chi connectivity index (χ1n) is 6.58. The lowest BCUT2D eigenvalue weighted by Crippen LogP contribution is -2.33. The molecule has 2 atom stereocenters. The molecule has 9 heteroatoms. The SMILES string of the molecule is COC(O)COCCOCCNC(=O)CC[C@H](N)C(=O)O. The van der Waals surface area contributed by atoms with Crippen molar-refractivity contribution in [3.05, 3.63) is 0 Å². The van der Waals surface area contributed by atoms with Gasteiger partial charge in [0.25, 0.3) is 0 Å². The molecule has 0 bridgehead atoms. The van der Waals surface area contributed by atoms with E-state index in [1.54, 1.807) is 0 Å². The summed E-state index contributed by atoms with van der Waals surface area (Å²) in [7, 11) is 1.37. The number of carboxylic acids is 1. The summed E-state index contributed by atoms with van der Waals surface area (Å²) in [5.41, 5.74) is 5.27. The van der Waals surface area contributed by atoms with E-state index in [0.29, 0.717) is 26.4 Å². The van der Waals surface area contributed by atoms with Crippen LogP contribution in [0.3, 0.4) is 0 Å². The van der Waals surface area contributed by atoms with Gasteiger partial charge < -0.3 is 35.5 Å². The zero-order valence-corrected chi connectivity index (χ0v) is 12.1. The number of hydrogen-bond donors (Lipinski definition) is 4. The highest BCUT2D eigenvalue weighted by molar-refractivity contribution is 5.78. The Labute approximate surface area is 123 Å². The van der Waals surface area contributed by atoms with Gasteiger partial charge in [-0.05, 0) is 6.42 Å². The minimum absolute atomic E-state index is 0.0610. The van der Waals surface area contributed by atoms with Gasteiger partial charge in [0.05, 0.1) is 26.4 Å². The Morgan fingerprint density at radius 2 is 1.90 bits per heavy atom. The summed E-state index contributed by atoms with van der Waals surface area (Å²) in [6.45, 7) is 1.34. The Morgan fingerprint density at radius 1 is 1.24 bits per heavy atom. The molecule has 0 heterocycles. The average Bonchev–Trinajstić information content (AvgIpc) is 2.46. The van der Waals surface area contributed by atoms with E-state index in [9.17, 15) is 9.59 Å². The summed E-state index contributed by atoms with van der Waals surface area (Å²) in [6, 6.07) is -1.02. The molecule has 9 nitrogen and oxygen atoms in total. The predicted molar refractivity (Wildman–Crippen MR) is 72.5 cm³/mol. The van der Waals surface area contributed by atoms with Crippen molar-refractivity contribution in [3.63, 3.8) is 0 Å². The van der Waals surface area contributed by atoms with E-state index in [4.69, 9.17) is 25.4 Å². The van der Waals surface area contributed by atoms with Crippen LogP contribution in [-0.4, -0.2) is 74.5 Å². The number of aliphatic hydroxyl groups excluding tert-OH is 1. The van der Waals surface area contributed by atoms with Crippen molar-refractivity contribution in [1.82, 2.24) is 5.32 Å². The number of hydrogen-bond acceptors (Lipinski definition) is 7. The summed E-state index contributed by atoms with van der Waals surface area (Å²) < 4.78 is 14.8. The van der Waals surface area contributed by atoms with Gasteiger partial charge in [0, 0.05) is 20.1 Å². The molecular weight excluding hydrogens is 284 g/mol. The molecule has 0 aromatic carbocycles. The average molecular weight is 308 g/mol. The lowest BCUT2D eigenvalue weighted by Gasteiger charge is -2.10. The lowest BCUT2D eigenvalue weighted by atomic mass is 10.1. The van der Waals surface area contributed by atoms with Gasteiger partial charge in [0.1, 0.15) is 6.04 Å². The number of methoxy groups -OCH3 is 1. The number of carbonyl (C=O) groups is 2. The first kappa shape index (κ1) is 19.7. The minimum atomic E-state index is -1.12. The fourth-order valence-corrected chi connectivity index (χ4v) is 1.23. The second-order valence-electron chi connectivity index (χ2n) is 4.21. The molecule has 21 heavy (non-hydrogen) atoms. The number of aliphatic hydroxyl groups is 1. The number of aliphatic carboxylic acids is 1. The maximum atomic E-state index is 11.3. The topological polar surface area (TPSA) is 140 Å². The maximum Gasteiger partial charge on any atom is 0.320 e. The predicted octanol–water partition coefficient (Wildman–Crippen LogP) is -1.71. The molecule has 0 saturated heterocycles. The van der Waals surface area contributed by atoms with E-state index in [-0.39, 0.29) is 25.4 Å². The van der Waals surface area contributed by atoms with Gasteiger partial charge in [-0.25, -0.2) is 0 Å². The molecule has 0 spiro atoms. The third-order valence-corrected chi connectivity index (χ3v) is 2.47. The number of nitrogens with two attached hydrogens (primary N) is 1. The van der Waals surface area contributed by atoms with Crippen molar-refractivity contribution in [2.45, 2.75) is 25.2 Å². The van der Waals surface area contributed by atoms with E-state index < -0.39 is 18.3 Å². The lowest BCUT2D eigenvalue weighted by molar-refractivity contribution is -0.138. The second-order valence-corrected chi connectivity index (χ2v) is 4.21. The van der Waals surface area contributed by atoms with Crippen LogP contribution in [0.5, 0.6) is 0 Å². The Morgan fingerprint density at radius 3 is 2.52 bits per heavy atom. The van der Waals surface area contributed by atoms with Crippen molar-refractivity contribution in [2.24, 2.45) is 5.73 Å². The molecule has 0 saturated carbocycles. The van der Waals surface area contributed by atoms with Crippen LogP contribution in [0, 0.1) is 0 Å². The van der Waals surface area contributed by atoms with Crippen molar-refractivity contribution in [3.8, 4) is 0 Å². The molecule has 1 amide bonds. The fourth-order valence-electron chi connectivity index (χ4n) is 1.23. The van der Waals surface area contributed by atoms with Gasteiger partial charge in [0.15, 0.2) is 6.29 Å². The highest BCUT2D eigenvalue weighted by Gasteiger charge is 2.12. The highest BCUT2D eigenvalue weighted by Crippen LogP contribution is 1.94. The van der Waals surface area contributed by atoms with Gasteiger partial charge >= 0.3 is 5.97 Å². The van der Waals surface area contributed by atoms with Crippen molar-refractivity contribution in [2.75, 3.05) is 40.1 Å². The molecule has 1 unspecified atom stereocenters. The number of carbonyl (C=O) groups excluding carboxylic acids is 1. The summed E-state index contributed by atoms with van der Waals surface area (Å²) in [5.74, 6) is -1.39. The molecule has 0 radical (unpaired) electrons. The van der Waals surface area contributed by atoms with E-state index >= 15 is 0 Å². The molecule has 0 rings (SSSR count). The van der Waals surface area contributed by atoms with Crippen LogP contribution in [-0.2, 0) is 23.8 Å². The third kappa shape index (κ3) is 12.2. The van der Waals surface area contributed by atoms with E-state index in [1.807, 2.05) is 0 Å².